The molecular formula is C45H30N2O2. The van der Waals surface area contributed by atoms with Gasteiger partial charge in [0.1, 0.15) is 11.2 Å². The third-order valence-corrected chi connectivity index (χ3v) is 10.4. The van der Waals surface area contributed by atoms with Gasteiger partial charge in [0, 0.05) is 33.0 Å². The number of anilines is 1. The number of benzene rings is 7. The van der Waals surface area contributed by atoms with Gasteiger partial charge in [-0.05, 0) is 88.5 Å². The summed E-state index contributed by atoms with van der Waals surface area (Å²) < 4.78 is 15.6. The standard InChI is InChI=1S/C45H30N2O2/c1-2-10-27(11-3-1)35-26-41-42(34-16-8-9-17-40(34)48-41)44-43(35)46-45(49-44)28-18-20-33(21-19-28)47-38-24-31-14-6-4-12-29(31)22-36(38)37-23-30-13-5-7-15-32(30)25-39(37)47/h2,4-26,45-46H,1,3H2. The first-order valence-electron chi connectivity index (χ1n) is 17.0. The van der Waals surface area contributed by atoms with Crippen LogP contribution in [0.3, 0.4) is 0 Å². The van der Waals surface area contributed by atoms with Crippen molar-refractivity contribution in [3.63, 3.8) is 0 Å². The van der Waals surface area contributed by atoms with E-state index in [-0.39, 0.29) is 6.23 Å². The molecule has 7 aromatic carbocycles. The van der Waals surface area contributed by atoms with Crippen LogP contribution in [0.1, 0.15) is 30.2 Å². The van der Waals surface area contributed by atoms with Crippen molar-refractivity contribution in [3.8, 4) is 11.4 Å². The third-order valence-electron chi connectivity index (χ3n) is 10.4. The van der Waals surface area contributed by atoms with Gasteiger partial charge in [-0.1, -0.05) is 97.1 Å². The monoisotopic (exact) mass is 630 g/mol. The van der Waals surface area contributed by atoms with E-state index in [2.05, 4.69) is 143 Å². The van der Waals surface area contributed by atoms with Crippen LogP contribution in [0.4, 0.5) is 5.69 Å². The molecule has 4 nitrogen and oxygen atoms in total. The average molecular weight is 631 g/mol. The van der Waals surface area contributed by atoms with Crippen LogP contribution in [0.25, 0.3) is 76.5 Å². The van der Waals surface area contributed by atoms with Gasteiger partial charge in [0.05, 0.1) is 22.1 Å². The van der Waals surface area contributed by atoms with E-state index >= 15 is 0 Å². The maximum Gasteiger partial charge on any atom is 0.196 e. The van der Waals surface area contributed by atoms with Crippen molar-refractivity contribution in [1.29, 1.82) is 0 Å². The summed E-state index contributed by atoms with van der Waals surface area (Å²) in [7, 11) is 0. The highest BCUT2D eigenvalue weighted by atomic mass is 16.5. The minimum atomic E-state index is -0.332. The van der Waals surface area contributed by atoms with E-state index in [1.807, 2.05) is 12.1 Å². The Morgan fingerprint density at radius 2 is 1.27 bits per heavy atom. The molecule has 0 saturated heterocycles. The molecule has 1 aliphatic carbocycles. The van der Waals surface area contributed by atoms with E-state index in [1.165, 1.54) is 48.9 Å². The third kappa shape index (κ3) is 3.98. The van der Waals surface area contributed by atoms with Crippen molar-refractivity contribution in [1.82, 2.24) is 4.57 Å². The smallest absolute Gasteiger partial charge is 0.196 e. The molecule has 49 heavy (non-hydrogen) atoms. The summed E-state index contributed by atoms with van der Waals surface area (Å²) in [6.07, 6.45) is 8.54. The SMILES string of the molecule is C1=CC(c2cc3oc4ccccc4c3c3c2NC(c2ccc(-n4c5cc6ccccc6cc5c5cc6ccccc6cc54)cc2)O3)=CCC1. The minimum Gasteiger partial charge on any atom is -0.463 e. The number of aromatic nitrogens is 1. The zero-order chi connectivity index (χ0) is 32.1. The van der Waals surface area contributed by atoms with Crippen LogP contribution >= 0.6 is 0 Å². The van der Waals surface area contributed by atoms with Gasteiger partial charge in [0.2, 0.25) is 0 Å². The Morgan fingerprint density at radius 1 is 0.612 bits per heavy atom. The molecule has 0 saturated carbocycles. The molecule has 4 heteroatoms. The Labute approximate surface area is 282 Å². The molecule has 1 aliphatic heterocycles. The first-order chi connectivity index (χ1) is 24.3. The highest BCUT2D eigenvalue weighted by molar-refractivity contribution is 6.17. The number of allylic oxidation sites excluding steroid dienone is 4. The number of nitrogens with zero attached hydrogens (tertiary/aromatic N) is 1. The maximum atomic E-state index is 6.84. The Kier molecular flexibility index (Phi) is 5.53. The van der Waals surface area contributed by atoms with Crippen LogP contribution in [0.2, 0.25) is 0 Å². The van der Waals surface area contributed by atoms with Gasteiger partial charge in [0.15, 0.2) is 12.0 Å². The first-order valence-corrected chi connectivity index (χ1v) is 17.0. The van der Waals surface area contributed by atoms with E-state index in [0.29, 0.717) is 0 Å². The summed E-state index contributed by atoms with van der Waals surface area (Å²) in [6, 6.07) is 45.8. The summed E-state index contributed by atoms with van der Waals surface area (Å²) in [6.45, 7) is 0. The fourth-order valence-corrected chi connectivity index (χ4v) is 8.05. The van der Waals surface area contributed by atoms with E-state index in [4.69, 9.17) is 9.15 Å². The molecule has 2 aromatic heterocycles. The lowest BCUT2D eigenvalue weighted by Crippen LogP contribution is -2.10. The second-order valence-electron chi connectivity index (χ2n) is 13.2. The summed E-state index contributed by atoms with van der Waals surface area (Å²) in [5, 5.41) is 13.3. The predicted molar refractivity (Wildman–Crippen MR) is 203 cm³/mol. The van der Waals surface area contributed by atoms with Crippen LogP contribution < -0.4 is 10.1 Å². The number of para-hydroxylation sites is 1. The van der Waals surface area contributed by atoms with Crippen molar-refractivity contribution in [2.75, 3.05) is 5.32 Å². The van der Waals surface area contributed by atoms with Crippen LogP contribution in [0.15, 0.2) is 150 Å². The molecule has 232 valence electrons. The van der Waals surface area contributed by atoms with Crippen molar-refractivity contribution < 1.29 is 9.15 Å². The predicted octanol–water partition coefficient (Wildman–Crippen LogP) is 12.2. The molecule has 11 rings (SSSR count). The second-order valence-corrected chi connectivity index (χ2v) is 13.2. The van der Waals surface area contributed by atoms with Gasteiger partial charge in [-0.25, -0.2) is 0 Å². The first kappa shape index (κ1) is 26.8. The number of hydrogen-bond acceptors (Lipinski definition) is 3. The number of rotatable bonds is 3. The molecule has 1 N–H and O–H groups in total. The minimum absolute atomic E-state index is 0.332. The molecule has 1 unspecified atom stereocenters. The number of ether oxygens (including phenoxy) is 1. The number of furan rings is 1. The van der Waals surface area contributed by atoms with Gasteiger partial charge in [-0.2, -0.15) is 0 Å². The fourth-order valence-electron chi connectivity index (χ4n) is 8.05. The van der Waals surface area contributed by atoms with Crippen molar-refractivity contribution in [2.24, 2.45) is 0 Å². The van der Waals surface area contributed by atoms with Gasteiger partial charge in [0.25, 0.3) is 0 Å². The second kappa shape index (κ2) is 10.1. The number of nitrogens with one attached hydrogen (secondary N) is 1. The van der Waals surface area contributed by atoms with Gasteiger partial charge in [-0.3, -0.25) is 0 Å². The highest BCUT2D eigenvalue weighted by Crippen LogP contribution is 2.51. The molecule has 0 bridgehead atoms. The molecule has 3 heterocycles. The van der Waals surface area contributed by atoms with Gasteiger partial charge < -0.3 is 19.0 Å². The quantitative estimate of drug-likeness (QED) is 0.211. The average Bonchev–Trinajstić information content (AvgIpc) is 3.85. The Hall–Kier alpha value is -6.26. The Morgan fingerprint density at radius 3 is 1.94 bits per heavy atom. The number of fused-ring (bicyclic) bond motifs is 10. The summed E-state index contributed by atoms with van der Waals surface area (Å²) in [4.78, 5) is 0. The van der Waals surface area contributed by atoms with Crippen LogP contribution in [0, 0.1) is 0 Å². The molecule has 1 atom stereocenters. The largest absolute Gasteiger partial charge is 0.463 e. The van der Waals surface area contributed by atoms with Gasteiger partial charge >= 0.3 is 0 Å². The molecule has 0 fully saturated rings. The molecule has 0 spiro atoms. The van der Waals surface area contributed by atoms with E-state index < -0.39 is 0 Å². The normalized spacial score (nSPS) is 15.8. The zero-order valence-corrected chi connectivity index (χ0v) is 26.6. The Balaban J connectivity index is 1.05. The van der Waals surface area contributed by atoms with Crippen LogP contribution in [-0.4, -0.2) is 4.57 Å². The topological polar surface area (TPSA) is 39.3 Å². The van der Waals surface area contributed by atoms with Gasteiger partial charge in [-0.15, -0.1) is 0 Å². The molecule has 0 radical (unpaired) electrons. The van der Waals surface area contributed by atoms with E-state index in [0.717, 1.165) is 63.0 Å². The Bertz CT molecular complexity index is 2790. The maximum absolute atomic E-state index is 6.84. The van der Waals surface area contributed by atoms with Crippen molar-refractivity contribution in [2.45, 2.75) is 19.1 Å². The lowest BCUT2D eigenvalue weighted by molar-refractivity contribution is 0.263. The van der Waals surface area contributed by atoms with Crippen molar-refractivity contribution >= 4 is 76.5 Å². The molecule has 9 aromatic rings. The van der Waals surface area contributed by atoms with E-state index in [9.17, 15) is 0 Å². The summed E-state index contributed by atoms with van der Waals surface area (Å²) in [5.74, 6) is 0.854. The van der Waals surface area contributed by atoms with Crippen LogP contribution in [0.5, 0.6) is 5.75 Å². The summed E-state index contributed by atoms with van der Waals surface area (Å²) >= 11 is 0. The van der Waals surface area contributed by atoms with Crippen molar-refractivity contribution in [3.05, 3.63) is 157 Å². The van der Waals surface area contributed by atoms with E-state index in [1.54, 1.807) is 0 Å². The lowest BCUT2D eigenvalue weighted by atomic mass is 9.96. The fraction of sp³-hybridized carbons (Fsp3) is 0.0667. The lowest BCUT2D eigenvalue weighted by Gasteiger charge is -2.14. The number of hydrogen-bond donors (Lipinski definition) is 1. The molecule has 2 aliphatic rings. The summed E-state index contributed by atoms with van der Waals surface area (Å²) in [5.41, 5.74) is 9.63. The molecular weight excluding hydrogens is 601 g/mol. The highest BCUT2D eigenvalue weighted by Gasteiger charge is 2.31. The zero-order valence-electron chi connectivity index (χ0n) is 26.6. The molecule has 0 amide bonds. The van der Waals surface area contributed by atoms with Crippen LogP contribution in [-0.2, 0) is 0 Å².